The van der Waals surface area contributed by atoms with Gasteiger partial charge in [0.05, 0.1) is 17.4 Å². The molecular weight excluding hydrogens is 450 g/mol. The number of benzene rings is 1. The summed E-state index contributed by atoms with van der Waals surface area (Å²) in [5, 5.41) is 21.2. The third-order valence-electron chi connectivity index (χ3n) is 6.17. The van der Waals surface area contributed by atoms with Crippen molar-refractivity contribution in [2.45, 2.75) is 25.0 Å². The van der Waals surface area contributed by atoms with E-state index in [1.165, 1.54) is 11.3 Å². The Morgan fingerprint density at radius 3 is 2.74 bits per heavy atom. The fourth-order valence-corrected chi connectivity index (χ4v) is 5.00. The Labute approximate surface area is 201 Å². The number of likely N-dealkylation sites (tertiary alicyclic amines) is 1. The van der Waals surface area contributed by atoms with Gasteiger partial charge in [-0.25, -0.2) is 15.0 Å². The average molecular weight is 476 g/mol. The molecule has 0 bridgehead atoms. The highest BCUT2D eigenvalue weighted by atomic mass is 32.1. The van der Waals surface area contributed by atoms with E-state index >= 15 is 0 Å². The lowest BCUT2D eigenvalue weighted by Gasteiger charge is -2.21. The number of amides is 1. The number of aryl methyl sites for hydroxylation is 1. The van der Waals surface area contributed by atoms with Gasteiger partial charge in [-0.2, -0.15) is 5.10 Å². The first kappa shape index (κ1) is 22.2. The number of rotatable bonds is 6. The molecule has 1 aliphatic heterocycles. The third kappa shape index (κ3) is 3.95. The Morgan fingerprint density at radius 2 is 2.00 bits per heavy atom. The van der Waals surface area contributed by atoms with Gasteiger partial charge in [-0.15, -0.1) is 11.3 Å². The number of hydrogen-bond donors (Lipinski definition) is 2. The number of thiazole rings is 1. The summed E-state index contributed by atoms with van der Waals surface area (Å²) in [6, 6.07) is 11.2. The highest BCUT2D eigenvalue weighted by Crippen LogP contribution is 2.35. The summed E-state index contributed by atoms with van der Waals surface area (Å²) in [5.41, 5.74) is 2.45. The lowest BCUT2D eigenvalue weighted by Crippen LogP contribution is -2.36. The van der Waals surface area contributed by atoms with Crippen LogP contribution in [0.1, 0.15) is 30.6 Å². The van der Waals surface area contributed by atoms with Crippen LogP contribution in [0.2, 0.25) is 0 Å². The molecule has 1 amide bonds. The zero-order chi connectivity index (χ0) is 23.9. The predicted octanol–water partition coefficient (Wildman–Crippen LogP) is 3.22. The van der Waals surface area contributed by atoms with E-state index < -0.39 is 5.60 Å². The Bertz CT molecular complexity index is 1350. The van der Waals surface area contributed by atoms with Crippen molar-refractivity contribution in [1.82, 2.24) is 29.6 Å². The zero-order valence-corrected chi connectivity index (χ0v) is 20.0. The summed E-state index contributed by atoms with van der Waals surface area (Å²) in [5.74, 6) is 0.237. The van der Waals surface area contributed by atoms with Crippen LogP contribution < -0.4 is 5.32 Å². The molecule has 174 valence electrons. The molecule has 5 rings (SSSR count). The summed E-state index contributed by atoms with van der Waals surface area (Å²) >= 11 is 1.48. The summed E-state index contributed by atoms with van der Waals surface area (Å²) in [4.78, 5) is 27.8. The second-order valence-corrected chi connectivity index (χ2v) is 9.32. The minimum absolute atomic E-state index is 0.0134. The number of nitrogens with one attached hydrogen (secondary N) is 1. The zero-order valence-electron chi connectivity index (χ0n) is 19.1. The number of carbonyl (C=O) groups excluding carboxylic acids is 1. The van der Waals surface area contributed by atoms with Crippen molar-refractivity contribution >= 4 is 23.2 Å². The topological polar surface area (TPSA) is 109 Å². The van der Waals surface area contributed by atoms with E-state index in [1.54, 1.807) is 30.4 Å². The smallest absolute Gasteiger partial charge is 0.258 e. The van der Waals surface area contributed by atoms with Crippen molar-refractivity contribution in [1.29, 1.82) is 0 Å². The first-order chi connectivity index (χ1) is 16.3. The van der Waals surface area contributed by atoms with E-state index in [0.717, 1.165) is 22.0 Å². The number of aromatic nitrogens is 5. The molecule has 2 atom stereocenters. The fraction of sp³-hybridized carbons (Fsp3) is 0.292. The Kier molecular flexibility index (Phi) is 5.62. The highest BCUT2D eigenvalue weighted by Gasteiger charge is 2.45. The molecule has 4 heterocycles. The van der Waals surface area contributed by atoms with E-state index in [0.29, 0.717) is 30.2 Å². The Morgan fingerprint density at radius 1 is 1.15 bits per heavy atom. The first-order valence-corrected chi connectivity index (χ1v) is 11.9. The predicted molar refractivity (Wildman–Crippen MR) is 130 cm³/mol. The van der Waals surface area contributed by atoms with Gasteiger partial charge in [-0.05, 0) is 30.7 Å². The van der Waals surface area contributed by atoms with Gasteiger partial charge in [0.25, 0.3) is 5.91 Å². The van der Waals surface area contributed by atoms with Gasteiger partial charge in [0.15, 0.2) is 5.60 Å². The summed E-state index contributed by atoms with van der Waals surface area (Å²) in [7, 11) is 3.61. The summed E-state index contributed by atoms with van der Waals surface area (Å²) in [6.45, 7) is 2.56. The van der Waals surface area contributed by atoms with Crippen molar-refractivity contribution < 1.29 is 9.90 Å². The molecule has 10 heteroatoms. The molecule has 9 nitrogen and oxygen atoms in total. The van der Waals surface area contributed by atoms with Gasteiger partial charge in [0.2, 0.25) is 5.95 Å². The molecule has 0 aliphatic carbocycles. The SMILES string of the molecule is CC(Nc1nccc(-c2nc(-c3cccc(C4(O)CCN(C)C4=O)c3)cs2)n1)c1ccnn1C. The maximum absolute atomic E-state index is 12.5. The monoisotopic (exact) mass is 475 g/mol. The van der Waals surface area contributed by atoms with Gasteiger partial charge in [-0.1, -0.05) is 18.2 Å². The first-order valence-electron chi connectivity index (χ1n) is 11.0. The molecule has 4 aromatic rings. The lowest BCUT2D eigenvalue weighted by molar-refractivity contribution is -0.143. The Hall–Kier alpha value is -3.63. The Balaban J connectivity index is 1.38. The van der Waals surface area contributed by atoms with Crippen LogP contribution in [0.15, 0.2) is 54.2 Å². The van der Waals surface area contributed by atoms with Crippen LogP contribution in [-0.2, 0) is 17.4 Å². The molecule has 0 saturated carbocycles. The highest BCUT2D eigenvalue weighted by molar-refractivity contribution is 7.13. The minimum Gasteiger partial charge on any atom is -0.375 e. The van der Waals surface area contributed by atoms with E-state index in [2.05, 4.69) is 20.4 Å². The number of aliphatic hydroxyl groups is 1. The number of hydrogen-bond acceptors (Lipinski definition) is 8. The van der Waals surface area contributed by atoms with Crippen LogP contribution in [0.25, 0.3) is 22.0 Å². The maximum Gasteiger partial charge on any atom is 0.258 e. The van der Waals surface area contributed by atoms with Gasteiger partial charge in [0.1, 0.15) is 10.7 Å². The number of carbonyl (C=O) groups is 1. The molecule has 0 spiro atoms. The molecule has 1 fully saturated rings. The molecular formula is C24H25N7O2S. The fourth-order valence-electron chi connectivity index (χ4n) is 4.21. The largest absolute Gasteiger partial charge is 0.375 e. The van der Waals surface area contributed by atoms with Gasteiger partial charge in [-0.3, -0.25) is 9.48 Å². The van der Waals surface area contributed by atoms with Gasteiger partial charge < -0.3 is 15.3 Å². The maximum atomic E-state index is 12.5. The van der Waals surface area contributed by atoms with E-state index in [1.807, 2.05) is 54.4 Å². The molecule has 1 saturated heterocycles. The molecule has 3 aromatic heterocycles. The second kappa shape index (κ2) is 8.62. The van der Waals surface area contributed by atoms with Crippen LogP contribution in [-0.4, -0.2) is 54.2 Å². The van der Waals surface area contributed by atoms with Crippen molar-refractivity contribution in [3.63, 3.8) is 0 Å². The lowest BCUT2D eigenvalue weighted by atomic mass is 9.90. The van der Waals surface area contributed by atoms with E-state index in [-0.39, 0.29) is 11.9 Å². The average Bonchev–Trinajstić information content (AvgIpc) is 3.57. The summed E-state index contributed by atoms with van der Waals surface area (Å²) < 4.78 is 1.82. The molecule has 34 heavy (non-hydrogen) atoms. The minimum atomic E-state index is -1.48. The second-order valence-electron chi connectivity index (χ2n) is 8.47. The van der Waals surface area contributed by atoms with Crippen LogP contribution in [0.4, 0.5) is 5.95 Å². The molecule has 1 aromatic carbocycles. The van der Waals surface area contributed by atoms with Gasteiger partial charge in [0, 0.05) is 50.4 Å². The van der Waals surface area contributed by atoms with Crippen molar-refractivity contribution in [3.8, 4) is 22.0 Å². The van der Waals surface area contributed by atoms with E-state index in [9.17, 15) is 9.90 Å². The molecule has 0 radical (unpaired) electrons. The third-order valence-corrected chi connectivity index (χ3v) is 7.04. The normalized spacial score (nSPS) is 18.9. The number of nitrogens with zero attached hydrogens (tertiary/aromatic N) is 6. The van der Waals surface area contributed by atoms with Gasteiger partial charge >= 0.3 is 0 Å². The van der Waals surface area contributed by atoms with Crippen LogP contribution in [0.5, 0.6) is 0 Å². The number of anilines is 1. The van der Waals surface area contributed by atoms with Crippen LogP contribution in [0, 0.1) is 0 Å². The summed E-state index contributed by atoms with van der Waals surface area (Å²) in [6.07, 6.45) is 3.85. The van der Waals surface area contributed by atoms with Crippen LogP contribution in [0.3, 0.4) is 0 Å². The van der Waals surface area contributed by atoms with Crippen LogP contribution >= 0.6 is 11.3 Å². The van der Waals surface area contributed by atoms with E-state index in [4.69, 9.17) is 4.98 Å². The van der Waals surface area contributed by atoms with Crippen molar-refractivity contribution in [2.24, 2.45) is 7.05 Å². The van der Waals surface area contributed by atoms with Crippen molar-refractivity contribution in [3.05, 3.63) is 65.4 Å². The molecule has 2 N–H and O–H groups in total. The molecule has 1 aliphatic rings. The standard InChI is InChI=1S/C24H25N7O2S/c1-15(20-8-11-26-31(20)3)27-23-25-10-7-18(29-23)21-28-19(14-34-21)16-5-4-6-17(13-16)24(33)9-12-30(2)22(24)32/h4-8,10-11,13-15,33H,9,12H2,1-3H3,(H,25,27,29). The number of likely N-dealkylation sites (N-methyl/N-ethyl adjacent to an activating group) is 1. The van der Waals surface area contributed by atoms with Crippen molar-refractivity contribution in [2.75, 3.05) is 18.9 Å². The molecule has 2 unspecified atom stereocenters. The quantitative estimate of drug-likeness (QED) is 0.441.